The zero-order chi connectivity index (χ0) is 15.5. The molecule has 0 spiro atoms. The summed E-state index contributed by atoms with van der Waals surface area (Å²) in [4.78, 5) is 9.94. The summed E-state index contributed by atoms with van der Waals surface area (Å²) in [7, 11) is -3.73. The molecule has 0 aliphatic heterocycles. The molecule has 0 unspecified atom stereocenters. The van der Waals surface area contributed by atoms with Crippen LogP contribution in [0.5, 0.6) is 0 Å². The fourth-order valence-corrected chi connectivity index (χ4v) is 3.54. The van der Waals surface area contributed by atoms with Gasteiger partial charge in [-0.25, -0.2) is 8.42 Å². The largest absolute Gasteiger partial charge is 0.397 e. The molecule has 2 N–H and O–H groups in total. The van der Waals surface area contributed by atoms with Gasteiger partial charge in [-0.15, -0.1) is 0 Å². The third-order valence-electron chi connectivity index (χ3n) is 2.74. The van der Waals surface area contributed by atoms with Crippen molar-refractivity contribution in [2.24, 2.45) is 5.92 Å². The van der Waals surface area contributed by atoms with Crippen LogP contribution in [0.4, 0.5) is 11.4 Å². The Labute approximate surface area is 118 Å². The van der Waals surface area contributed by atoms with E-state index in [1.807, 2.05) is 13.8 Å². The van der Waals surface area contributed by atoms with Crippen LogP contribution >= 0.6 is 0 Å². The molecule has 1 aromatic rings. The molecule has 20 heavy (non-hydrogen) atoms. The fourth-order valence-electron chi connectivity index (χ4n) is 1.83. The molecule has 0 aromatic heterocycles. The number of nitrogens with two attached hydrogens (primary N) is 1. The Bertz CT molecular complexity index is 599. The van der Waals surface area contributed by atoms with Crippen LogP contribution in [0.25, 0.3) is 0 Å². The molecule has 0 radical (unpaired) electrons. The van der Waals surface area contributed by atoms with Crippen molar-refractivity contribution in [3.05, 3.63) is 28.3 Å². The second-order valence-corrected chi connectivity index (χ2v) is 6.74. The summed E-state index contributed by atoms with van der Waals surface area (Å²) in [6.07, 6.45) is 0. The minimum atomic E-state index is -3.73. The molecule has 0 fully saturated rings. The molecule has 7 nitrogen and oxygen atoms in total. The van der Waals surface area contributed by atoms with Gasteiger partial charge in [0.15, 0.2) is 0 Å². The Balaban J connectivity index is 3.24. The first-order chi connectivity index (χ1) is 9.20. The number of benzene rings is 1. The van der Waals surface area contributed by atoms with Gasteiger partial charge in [-0.3, -0.25) is 10.1 Å². The average Bonchev–Trinajstić information content (AvgIpc) is 2.34. The number of hydrogen-bond acceptors (Lipinski definition) is 5. The van der Waals surface area contributed by atoms with Crippen LogP contribution in [0.2, 0.25) is 0 Å². The summed E-state index contributed by atoms with van der Waals surface area (Å²) in [6.45, 7) is 6.25. The number of nitro groups is 1. The highest BCUT2D eigenvalue weighted by atomic mass is 32.2. The Morgan fingerprint density at radius 3 is 2.40 bits per heavy atom. The number of nitrogen functional groups attached to an aromatic ring is 1. The Morgan fingerprint density at radius 1 is 1.40 bits per heavy atom. The number of rotatable bonds is 6. The van der Waals surface area contributed by atoms with Crippen LogP contribution < -0.4 is 5.73 Å². The minimum Gasteiger partial charge on any atom is -0.397 e. The molecule has 0 aliphatic rings. The summed E-state index contributed by atoms with van der Waals surface area (Å²) in [6, 6.07) is 3.40. The van der Waals surface area contributed by atoms with Crippen LogP contribution in [0.15, 0.2) is 23.1 Å². The smallest absolute Gasteiger partial charge is 0.271 e. The summed E-state index contributed by atoms with van der Waals surface area (Å²) < 4.78 is 26.3. The van der Waals surface area contributed by atoms with E-state index in [2.05, 4.69) is 0 Å². The van der Waals surface area contributed by atoms with E-state index in [9.17, 15) is 18.5 Å². The highest BCUT2D eigenvalue weighted by Crippen LogP contribution is 2.26. The van der Waals surface area contributed by atoms with E-state index in [0.29, 0.717) is 13.1 Å². The molecule has 112 valence electrons. The molecule has 1 rings (SSSR count). The number of nitro benzene ring substituents is 1. The average molecular weight is 301 g/mol. The Kier molecular flexibility index (Phi) is 5.07. The molecule has 8 heteroatoms. The molecule has 0 saturated heterocycles. The zero-order valence-electron chi connectivity index (χ0n) is 11.7. The molecule has 0 saturated carbocycles. The normalized spacial score (nSPS) is 12.1. The van der Waals surface area contributed by atoms with E-state index in [1.165, 1.54) is 10.4 Å². The molecule has 0 aliphatic carbocycles. The minimum absolute atomic E-state index is 0.0920. The molecule has 0 atom stereocenters. The Hall–Kier alpha value is -1.67. The van der Waals surface area contributed by atoms with E-state index in [0.717, 1.165) is 12.1 Å². The first-order valence-electron chi connectivity index (χ1n) is 6.24. The van der Waals surface area contributed by atoms with Crippen LogP contribution in [-0.2, 0) is 10.0 Å². The van der Waals surface area contributed by atoms with E-state index in [4.69, 9.17) is 5.73 Å². The lowest BCUT2D eigenvalue weighted by Crippen LogP contribution is -2.34. The number of sulfonamides is 1. The first kappa shape index (κ1) is 16.4. The van der Waals surface area contributed by atoms with Gasteiger partial charge in [0, 0.05) is 25.2 Å². The van der Waals surface area contributed by atoms with Crippen molar-refractivity contribution in [1.82, 2.24) is 4.31 Å². The van der Waals surface area contributed by atoms with E-state index < -0.39 is 14.9 Å². The third kappa shape index (κ3) is 3.45. The Morgan fingerprint density at radius 2 is 2.00 bits per heavy atom. The molecular weight excluding hydrogens is 282 g/mol. The van der Waals surface area contributed by atoms with Gasteiger partial charge in [0.05, 0.1) is 10.6 Å². The quantitative estimate of drug-likeness (QED) is 0.490. The maximum Gasteiger partial charge on any atom is 0.271 e. The molecule has 0 bridgehead atoms. The highest BCUT2D eigenvalue weighted by Gasteiger charge is 2.26. The van der Waals surface area contributed by atoms with Crippen LogP contribution in [0.1, 0.15) is 20.8 Å². The van der Waals surface area contributed by atoms with Crippen LogP contribution in [0.3, 0.4) is 0 Å². The number of hydrogen-bond donors (Lipinski definition) is 1. The van der Waals surface area contributed by atoms with Crippen molar-refractivity contribution in [3.63, 3.8) is 0 Å². The molecular formula is C12H19N3O4S. The van der Waals surface area contributed by atoms with Gasteiger partial charge in [-0.2, -0.15) is 4.31 Å². The lowest BCUT2D eigenvalue weighted by molar-refractivity contribution is -0.384. The monoisotopic (exact) mass is 301 g/mol. The number of nitrogens with zero attached hydrogens (tertiary/aromatic N) is 2. The maximum atomic E-state index is 12.5. The van der Waals surface area contributed by atoms with Crippen molar-refractivity contribution in [2.75, 3.05) is 18.8 Å². The van der Waals surface area contributed by atoms with Gasteiger partial charge < -0.3 is 5.73 Å². The standard InChI is InChI=1S/C12H19N3O4S/c1-4-14(8-9(2)3)20(18,19)12-6-5-10(15(16)17)7-11(12)13/h5-7,9H,4,8,13H2,1-3H3. The number of non-ortho nitro benzene ring substituents is 1. The van der Waals surface area contributed by atoms with Crippen molar-refractivity contribution >= 4 is 21.4 Å². The summed E-state index contributed by atoms with van der Waals surface area (Å²) in [5.41, 5.74) is 5.32. The van der Waals surface area contributed by atoms with Crippen LogP contribution in [0, 0.1) is 16.0 Å². The van der Waals surface area contributed by atoms with Gasteiger partial charge in [0.2, 0.25) is 10.0 Å². The second kappa shape index (κ2) is 6.19. The predicted octanol–water partition coefficient (Wildman–Crippen LogP) is 1.84. The lowest BCUT2D eigenvalue weighted by atomic mass is 10.2. The van der Waals surface area contributed by atoms with Crippen molar-refractivity contribution in [2.45, 2.75) is 25.7 Å². The second-order valence-electron chi connectivity index (χ2n) is 4.83. The summed E-state index contributed by atoms with van der Waals surface area (Å²) in [5, 5.41) is 10.6. The van der Waals surface area contributed by atoms with E-state index in [1.54, 1.807) is 6.92 Å². The fraction of sp³-hybridized carbons (Fsp3) is 0.500. The highest BCUT2D eigenvalue weighted by molar-refractivity contribution is 7.89. The first-order valence-corrected chi connectivity index (χ1v) is 7.68. The van der Waals surface area contributed by atoms with Crippen molar-refractivity contribution in [1.29, 1.82) is 0 Å². The zero-order valence-corrected chi connectivity index (χ0v) is 12.6. The summed E-state index contributed by atoms with van der Waals surface area (Å²) in [5.74, 6) is 0.170. The SMILES string of the molecule is CCN(CC(C)C)S(=O)(=O)c1ccc([N+](=O)[O-])cc1N. The maximum absolute atomic E-state index is 12.5. The topological polar surface area (TPSA) is 107 Å². The van der Waals surface area contributed by atoms with Gasteiger partial charge in [0.25, 0.3) is 5.69 Å². The number of anilines is 1. The predicted molar refractivity (Wildman–Crippen MR) is 76.8 cm³/mol. The molecule has 1 aromatic carbocycles. The van der Waals surface area contributed by atoms with Gasteiger partial charge in [-0.05, 0) is 12.0 Å². The van der Waals surface area contributed by atoms with E-state index >= 15 is 0 Å². The molecule has 0 amide bonds. The summed E-state index contributed by atoms with van der Waals surface area (Å²) >= 11 is 0. The van der Waals surface area contributed by atoms with Crippen molar-refractivity contribution < 1.29 is 13.3 Å². The van der Waals surface area contributed by atoms with Gasteiger partial charge in [0.1, 0.15) is 4.90 Å². The third-order valence-corrected chi connectivity index (χ3v) is 4.76. The van der Waals surface area contributed by atoms with Gasteiger partial charge in [-0.1, -0.05) is 20.8 Å². The van der Waals surface area contributed by atoms with Crippen molar-refractivity contribution in [3.8, 4) is 0 Å². The molecule has 0 heterocycles. The van der Waals surface area contributed by atoms with Gasteiger partial charge >= 0.3 is 0 Å². The lowest BCUT2D eigenvalue weighted by Gasteiger charge is -2.23. The van der Waals surface area contributed by atoms with Crippen LogP contribution in [-0.4, -0.2) is 30.7 Å². The van der Waals surface area contributed by atoms with E-state index in [-0.39, 0.29) is 22.2 Å².